The van der Waals surface area contributed by atoms with E-state index in [1.807, 2.05) is 0 Å². The molecule has 1 saturated carbocycles. The predicted molar refractivity (Wildman–Crippen MR) is 61.7 cm³/mol. The number of rotatable bonds is 5. The molecule has 0 heterocycles. The van der Waals surface area contributed by atoms with Crippen LogP contribution in [0.2, 0.25) is 0 Å². The highest BCUT2D eigenvalue weighted by atomic mass is 16.4. The molecular formula is C11H20N2O4. The molecule has 0 saturated heterocycles. The minimum Gasteiger partial charge on any atom is -0.479 e. The molecule has 0 aromatic rings. The molecule has 1 unspecified atom stereocenters. The summed E-state index contributed by atoms with van der Waals surface area (Å²) in [5.41, 5.74) is 0. The van der Waals surface area contributed by atoms with Crippen molar-refractivity contribution in [2.75, 3.05) is 6.54 Å². The van der Waals surface area contributed by atoms with Crippen LogP contribution in [0.25, 0.3) is 0 Å². The Hall–Kier alpha value is -1.30. The summed E-state index contributed by atoms with van der Waals surface area (Å²) in [4.78, 5) is 21.7. The van der Waals surface area contributed by atoms with Gasteiger partial charge in [-0.05, 0) is 12.8 Å². The summed E-state index contributed by atoms with van der Waals surface area (Å²) in [6.07, 6.45) is 4.13. The number of hydrogen-bond donors (Lipinski definition) is 4. The Bertz CT molecular complexity index is 264. The van der Waals surface area contributed by atoms with Crippen LogP contribution in [0.1, 0.15) is 38.5 Å². The third-order valence-corrected chi connectivity index (χ3v) is 2.93. The maximum atomic E-state index is 11.4. The number of nitrogens with one attached hydrogen (secondary N) is 2. The predicted octanol–water partition coefficient (Wildman–Crippen LogP) is 0.454. The van der Waals surface area contributed by atoms with Crippen molar-refractivity contribution >= 4 is 12.0 Å². The lowest BCUT2D eigenvalue weighted by atomic mass is 9.96. The molecule has 17 heavy (non-hydrogen) atoms. The van der Waals surface area contributed by atoms with Crippen LogP contribution in [0.3, 0.4) is 0 Å². The van der Waals surface area contributed by atoms with Crippen molar-refractivity contribution in [3.63, 3.8) is 0 Å². The quantitative estimate of drug-likeness (QED) is 0.564. The molecule has 98 valence electrons. The number of urea groups is 1. The van der Waals surface area contributed by atoms with Gasteiger partial charge in [0.1, 0.15) is 0 Å². The number of carboxylic acids is 1. The molecule has 0 spiro atoms. The number of carbonyl (C=O) groups is 2. The molecule has 6 heteroatoms. The van der Waals surface area contributed by atoms with Crippen molar-refractivity contribution in [2.45, 2.75) is 50.7 Å². The van der Waals surface area contributed by atoms with Crippen molar-refractivity contribution in [2.24, 2.45) is 0 Å². The Labute approximate surface area is 100 Å². The first-order valence-corrected chi connectivity index (χ1v) is 6.05. The second-order valence-electron chi connectivity index (χ2n) is 4.38. The maximum absolute atomic E-state index is 11.4. The largest absolute Gasteiger partial charge is 0.479 e. The van der Waals surface area contributed by atoms with E-state index in [9.17, 15) is 9.59 Å². The summed E-state index contributed by atoms with van der Waals surface area (Å²) < 4.78 is 0. The zero-order chi connectivity index (χ0) is 12.7. The van der Waals surface area contributed by atoms with Crippen LogP contribution in [0.15, 0.2) is 0 Å². The van der Waals surface area contributed by atoms with E-state index in [1.54, 1.807) is 0 Å². The van der Waals surface area contributed by atoms with Gasteiger partial charge in [0.15, 0.2) is 6.10 Å². The fraction of sp³-hybridized carbons (Fsp3) is 0.818. The first kappa shape index (κ1) is 13.8. The average Bonchev–Trinajstić information content (AvgIpc) is 2.30. The van der Waals surface area contributed by atoms with E-state index in [2.05, 4.69) is 10.6 Å². The lowest BCUT2D eigenvalue weighted by molar-refractivity contribution is -0.146. The highest BCUT2D eigenvalue weighted by Crippen LogP contribution is 2.16. The second kappa shape index (κ2) is 7.11. The van der Waals surface area contributed by atoms with Gasteiger partial charge in [0, 0.05) is 19.0 Å². The summed E-state index contributed by atoms with van der Waals surface area (Å²) in [7, 11) is 0. The number of aliphatic hydroxyl groups is 1. The minimum absolute atomic E-state index is 0.0212. The number of amides is 2. The summed E-state index contributed by atoms with van der Waals surface area (Å²) in [6, 6.07) is -0.0531. The van der Waals surface area contributed by atoms with Gasteiger partial charge in [0.05, 0.1) is 0 Å². The lowest BCUT2D eigenvalue weighted by Gasteiger charge is -2.22. The van der Waals surface area contributed by atoms with Crippen LogP contribution >= 0.6 is 0 Å². The van der Waals surface area contributed by atoms with E-state index in [-0.39, 0.29) is 25.0 Å². The third kappa shape index (κ3) is 5.53. The zero-order valence-corrected chi connectivity index (χ0v) is 9.82. The first-order valence-electron chi connectivity index (χ1n) is 6.05. The van der Waals surface area contributed by atoms with Crippen molar-refractivity contribution in [1.29, 1.82) is 0 Å². The zero-order valence-electron chi connectivity index (χ0n) is 9.82. The molecule has 0 radical (unpaired) electrons. The molecule has 4 N–H and O–H groups in total. The van der Waals surface area contributed by atoms with Gasteiger partial charge < -0.3 is 20.8 Å². The number of carbonyl (C=O) groups excluding carboxylic acids is 1. The molecule has 0 aromatic heterocycles. The van der Waals surface area contributed by atoms with Crippen LogP contribution in [0, 0.1) is 0 Å². The average molecular weight is 244 g/mol. The highest BCUT2D eigenvalue weighted by molar-refractivity contribution is 5.74. The molecule has 1 atom stereocenters. The van der Waals surface area contributed by atoms with Gasteiger partial charge in [-0.1, -0.05) is 19.3 Å². The fourth-order valence-corrected chi connectivity index (χ4v) is 1.93. The molecule has 1 rings (SSSR count). The Morgan fingerprint density at radius 1 is 1.24 bits per heavy atom. The van der Waals surface area contributed by atoms with E-state index in [0.717, 1.165) is 25.7 Å². The molecule has 0 aromatic carbocycles. The maximum Gasteiger partial charge on any atom is 0.332 e. The van der Waals surface area contributed by atoms with Crippen molar-refractivity contribution < 1.29 is 19.8 Å². The number of hydrogen-bond acceptors (Lipinski definition) is 3. The van der Waals surface area contributed by atoms with Crippen LogP contribution in [-0.2, 0) is 4.79 Å². The second-order valence-corrected chi connectivity index (χ2v) is 4.38. The van der Waals surface area contributed by atoms with Gasteiger partial charge in [0.25, 0.3) is 0 Å². The van der Waals surface area contributed by atoms with E-state index in [1.165, 1.54) is 6.42 Å². The SMILES string of the molecule is O=C(NCCC(O)C(=O)O)NC1CCCCC1. The number of carboxylic acid groups (broad SMARTS) is 1. The van der Waals surface area contributed by atoms with Gasteiger partial charge in [-0.25, -0.2) is 9.59 Å². The smallest absolute Gasteiger partial charge is 0.332 e. The summed E-state index contributed by atoms with van der Waals surface area (Å²) in [6.45, 7) is 0.159. The van der Waals surface area contributed by atoms with Crippen LogP contribution in [0.4, 0.5) is 4.79 Å². The number of aliphatic carboxylic acids is 1. The van der Waals surface area contributed by atoms with Crippen molar-refractivity contribution in [3.05, 3.63) is 0 Å². The van der Waals surface area contributed by atoms with E-state index in [0.29, 0.717) is 0 Å². The van der Waals surface area contributed by atoms with Gasteiger partial charge in [-0.3, -0.25) is 0 Å². The lowest BCUT2D eigenvalue weighted by Crippen LogP contribution is -2.43. The van der Waals surface area contributed by atoms with Crippen LogP contribution in [0.5, 0.6) is 0 Å². The topological polar surface area (TPSA) is 98.7 Å². The van der Waals surface area contributed by atoms with Crippen molar-refractivity contribution in [3.8, 4) is 0 Å². The van der Waals surface area contributed by atoms with E-state index in [4.69, 9.17) is 10.2 Å². The number of aliphatic hydroxyl groups excluding tert-OH is 1. The monoisotopic (exact) mass is 244 g/mol. The standard InChI is InChI=1S/C11H20N2O4/c14-9(10(15)16)6-7-12-11(17)13-8-4-2-1-3-5-8/h8-9,14H,1-7H2,(H,15,16)(H2,12,13,17). The van der Waals surface area contributed by atoms with Gasteiger partial charge in [-0.15, -0.1) is 0 Å². The molecule has 6 nitrogen and oxygen atoms in total. The fourth-order valence-electron chi connectivity index (χ4n) is 1.93. The van der Waals surface area contributed by atoms with Crippen LogP contribution < -0.4 is 10.6 Å². The summed E-state index contributed by atoms with van der Waals surface area (Å²) in [5.74, 6) is -1.26. The summed E-state index contributed by atoms with van der Waals surface area (Å²) in [5, 5.41) is 22.8. The Balaban J connectivity index is 2.10. The van der Waals surface area contributed by atoms with Gasteiger partial charge >= 0.3 is 12.0 Å². The Morgan fingerprint density at radius 3 is 2.47 bits per heavy atom. The normalized spacial score (nSPS) is 18.4. The van der Waals surface area contributed by atoms with E-state index >= 15 is 0 Å². The molecular weight excluding hydrogens is 224 g/mol. The highest BCUT2D eigenvalue weighted by Gasteiger charge is 2.16. The molecule has 2 amide bonds. The molecule has 1 aliphatic rings. The van der Waals surface area contributed by atoms with Crippen molar-refractivity contribution in [1.82, 2.24) is 10.6 Å². The van der Waals surface area contributed by atoms with Gasteiger partial charge in [-0.2, -0.15) is 0 Å². The molecule has 1 aliphatic carbocycles. The van der Waals surface area contributed by atoms with E-state index < -0.39 is 12.1 Å². The summed E-state index contributed by atoms with van der Waals surface area (Å²) >= 11 is 0. The Morgan fingerprint density at radius 2 is 1.88 bits per heavy atom. The van der Waals surface area contributed by atoms with Gasteiger partial charge in [0.2, 0.25) is 0 Å². The molecule has 0 bridgehead atoms. The minimum atomic E-state index is -1.41. The molecule has 0 aliphatic heterocycles. The molecule has 1 fully saturated rings. The first-order chi connectivity index (χ1) is 8.09. The third-order valence-electron chi connectivity index (χ3n) is 2.93. The van der Waals surface area contributed by atoms with Crippen LogP contribution in [-0.4, -0.2) is 40.9 Å². The Kier molecular flexibility index (Phi) is 5.76.